The lowest BCUT2D eigenvalue weighted by molar-refractivity contribution is -0.115. The van der Waals surface area contributed by atoms with Crippen LogP contribution in [0.4, 0.5) is 5.69 Å². The number of hydrogen-bond donors (Lipinski definition) is 1. The van der Waals surface area contributed by atoms with Crippen LogP contribution in [0.25, 0.3) is 10.6 Å². The van der Waals surface area contributed by atoms with Gasteiger partial charge in [-0.2, -0.15) is 0 Å². The standard InChI is InChI=1S/C19H16Cl2N2O3S/c1-25-16-8-14(21)15(9-17(16)26-2)23-18(24)7-11-10-27-19(22-11)12-5-3-4-6-13(12)20/h3-6,8-10H,7H2,1-2H3,(H,23,24). The Bertz CT molecular complexity index is 975. The lowest BCUT2D eigenvalue weighted by Gasteiger charge is -2.12. The number of carbonyl (C=O) groups excluding carboxylic acids is 1. The van der Waals surface area contributed by atoms with E-state index < -0.39 is 0 Å². The normalized spacial score (nSPS) is 10.5. The average molecular weight is 423 g/mol. The van der Waals surface area contributed by atoms with Crippen molar-refractivity contribution in [1.82, 2.24) is 4.98 Å². The zero-order valence-electron chi connectivity index (χ0n) is 14.6. The molecule has 27 heavy (non-hydrogen) atoms. The molecular weight excluding hydrogens is 407 g/mol. The summed E-state index contributed by atoms with van der Waals surface area (Å²) in [7, 11) is 3.04. The number of carbonyl (C=O) groups is 1. The summed E-state index contributed by atoms with van der Waals surface area (Å²) in [6.45, 7) is 0. The number of halogens is 2. The van der Waals surface area contributed by atoms with Crippen LogP contribution in [0.15, 0.2) is 41.8 Å². The number of thiazole rings is 1. The average Bonchev–Trinajstić information content (AvgIpc) is 3.11. The molecule has 0 spiro atoms. The van der Waals surface area contributed by atoms with Gasteiger partial charge in [0.25, 0.3) is 0 Å². The zero-order valence-corrected chi connectivity index (χ0v) is 16.9. The van der Waals surface area contributed by atoms with Gasteiger partial charge in [-0.1, -0.05) is 41.4 Å². The minimum atomic E-state index is -0.236. The number of amides is 1. The van der Waals surface area contributed by atoms with Gasteiger partial charge >= 0.3 is 0 Å². The van der Waals surface area contributed by atoms with Crippen molar-refractivity contribution in [2.45, 2.75) is 6.42 Å². The Kier molecular flexibility index (Phi) is 6.21. The zero-order chi connectivity index (χ0) is 19.4. The van der Waals surface area contributed by atoms with E-state index in [9.17, 15) is 4.79 Å². The molecule has 0 atom stereocenters. The fourth-order valence-electron chi connectivity index (χ4n) is 2.46. The van der Waals surface area contributed by atoms with E-state index in [1.807, 2.05) is 29.6 Å². The summed E-state index contributed by atoms with van der Waals surface area (Å²) >= 11 is 13.9. The molecule has 140 valence electrons. The molecule has 0 unspecified atom stereocenters. The highest BCUT2D eigenvalue weighted by molar-refractivity contribution is 7.13. The maximum absolute atomic E-state index is 12.4. The highest BCUT2D eigenvalue weighted by Gasteiger charge is 2.14. The van der Waals surface area contributed by atoms with E-state index in [-0.39, 0.29) is 12.3 Å². The molecule has 8 heteroatoms. The van der Waals surface area contributed by atoms with Gasteiger partial charge in [0.05, 0.1) is 42.1 Å². The molecule has 5 nitrogen and oxygen atoms in total. The number of nitrogens with one attached hydrogen (secondary N) is 1. The van der Waals surface area contributed by atoms with Crippen molar-refractivity contribution in [1.29, 1.82) is 0 Å². The molecule has 0 aliphatic heterocycles. The van der Waals surface area contributed by atoms with Crippen molar-refractivity contribution in [2.24, 2.45) is 0 Å². The maximum atomic E-state index is 12.4. The summed E-state index contributed by atoms with van der Waals surface area (Å²) in [5, 5.41) is 6.37. The van der Waals surface area contributed by atoms with E-state index in [1.54, 1.807) is 12.1 Å². The molecule has 0 radical (unpaired) electrons. The van der Waals surface area contributed by atoms with Gasteiger partial charge in [0.15, 0.2) is 11.5 Å². The Hall–Kier alpha value is -2.28. The molecule has 0 saturated heterocycles. The third kappa shape index (κ3) is 4.53. The van der Waals surface area contributed by atoms with E-state index in [4.69, 9.17) is 32.7 Å². The highest BCUT2D eigenvalue weighted by atomic mass is 35.5. The predicted molar refractivity (Wildman–Crippen MR) is 109 cm³/mol. The number of methoxy groups -OCH3 is 2. The van der Waals surface area contributed by atoms with E-state index >= 15 is 0 Å². The molecule has 1 N–H and O–H groups in total. The third-order valence-corrected chi connectivity index (χ3v) is 5.31. The summed E-state index contributed by atoms with van der Waals surface area (Å²) < 4.78 is 10.4. The molecule has 0 fully saturated rings. The minimum Gasteiger partial charge on any atom is -0.493 e. The number of hydrogen-bond acceptors (Lipinski definition) is 5. The monoisotopic (exact) mass is 422 g/mol. The Balaban J connectivity index is 1.73. The number of nitrogens with zero attached hydrogens (tertiary/aromatic N) is 1. The van der Waals surface area contributed by atoms with Gasteiger partial charge < -0.3 is 14.8 Å². The number of aromatic nitrogens is 1. The van der Waals surface area contributed by atoms with Crippen LogP contribution in [0.3, 0.4) is 0 Å². The van der Waals surface area contributed by atoms with Crippen molar-refractivity contribution in [2.75, 3.05) is 19.5 Å². The summed E-state index contributed by atoms with van der Waals surface area (Å²) in [6.07, 6.45) is 0.117. The van der Waals surface area contributed by atoms with Crippen LogP contribution in [-0.2, 0) is 11.2 Å². The van der Waals surface area contributed by atoms with Gasteiger partial charge in [0.1, 0.15) is 5.01 Å². The van der Waals surface area contributed by atoms with Crippen molar-refractivity contribution in [3.8, 4) is 22.1 Å². The van der Waals surface area contributed by atoms with E-state index in [0.29, 0.717) is 32.9 Å². The second-order valence-electron chi connectivity index (χ2n) is 5.54. The molecule has 1 amide bonds. The largest absolute Gasteiger partial charge is 0.493 e. The van der Waals surface area contributed by atoms with Crippen LogP contribution in [0.5, 0.6) is 11.5 Å². The molecule has 1 heterocycles. The van der Waals surface area contributed by atoms with Crippen molar-refractivity contribution in [3.05, 3.63) is 57.5 Å². The first-order chi connectivity index (χ1) is 13.0. The van der Waals surface area contributed by atoms with Gasteiger partial charge in [-0.3, -0.25) is 4.79 Å². The smallest absolute Gasteiger partial charge is 0.230 e. The topological polar surface area (TPSA) is 60.5 Å². The molecule has 1 aromatic heterocycles. The van der Waals surface area contributed by atoms with Gasteiger partial charge in [-0.25, -0.2) is 4.98 Å². The molecule has 0 bridgehead atoms. The first-order valence-corrected chi connectivity index (χ1v) is 9.56. The molecule has 0 saturated carbocycles. The Morgan fingerprint density at radius 2 is 1.81 bits per heavy atom. The molecule has 0 aliphatic carbocycles. The fourth-order valence-corrected chi connectivity index (χ4v) is 3.80. The molecule has 0 aliphatic rings. The van der Waals surface area contributed by atoms with E-state index in [2.05, 4.69) is 10.3 Å². The van der Waals surface area contributed by atoms with Crippen LogP contribution in [-0.4, -0.2) is 25.1 Å². The van der Waals surface area contributed by atoms with Gasteiger partial charge in [0, 0.05) is 23.1 Å². The second kappa shape index (κ2) is 8.61. The van der Waals surface area contributed by atoms with Crippen LogP contribution >= 0.6 is 34.5 Å². The molecule has 3 aromatic rings. The third-order valence-electron chi connectivity index (χ3n) is 3.75. The number of ether oxygens (including phenoxy) is 2. The van der Waals surface area contributed by atoms with Gasteiger partial charge in [0.2, 0.25) is 5.91 Å². The van der Waals surface area contributed by atoms with Crippen LogP contribution < -0.4 is 14.8 Å². The highest BCUT2D eigenvalue weighted by Crippen LogP contribution is 2.36. The minimum absolute atomic E-state index is 0.117. The summed E-state index contributed by atoms with van der Waals surface area (Å²) in [6, 6.07) is 10.7. The van der Waals surface area contributed by atoms with Crippen LogP contribution in [0.2, 0.25) is 10.0 Å². The first-order valence-electron chi connectivity index (χ1n) is 7.92. The Morgan fingerprint density at radius 1 is 1.11 bits per heavy atom. The SMILES string of the molecule is COc1cc(Cl)c(NC(=O)Cc2csc(-c3ccccc3Cl)n2)cc1OC. The van der Waals surface area contributed by atoms with Gasteiger partial charge in [-0.15, -0.1) is 11.3 Å². The van der Waals surface area contributed by atoms with Crippen LogP contribution in [0.1, 0.15) is 5.69 Å². The van der Waals surface area contributed by atoms with E-state index in [0.717, 1.165) is 10.6 Å². The summed E-state index contributed by atoms with van der Waals surface area (Å²) in [4.78, 5) is 16.9. The number of benzene rings is 2. The van der Waals surface area contributed by atoms with Crippen LogP contribution in [0, 0.1) is 0 Å². The number of anilines is 1. The lowest BCUT2D eigenvalue weighted by Crippen LogP contribution is -2.15. The Labute approximate surface area is 170 Å². The predicted octanol–water partition coefficient (Wildman–Crippen LogP) is 5.32. The molecular formula is C19H16Cl2N2O3S. The Morgan fingerprint density at radius 3 is 2.52 bits per heavy atom. The van der Waals surface area contributed by atoms with Gasteiger partial charge in [-0.05, 0) is 6.07 Å². The second-order valence-corrected chi connectivity index (χ2v) is 7.21. The maximum Gasteiger partial charge on any atom is 0.230 e. The van der Waals surface area contributed by atoms with Crippen molar-refractivity contribution in [3.63, 3.8) is 0 Å². The van der Waals surface area contributed by atoms with Crippen molar-refractivity contribution >= 4 is 46.1 Å². The summed E-state index contributed by atoms with van der Waals surface area (Å²) in [5.74, 6) is 0.733. The quantitative estimate of drug-likeness (QED) is 0.583. The molecule has 2 aromatic carbocycles. The fraction of sp³-hybridized carbons (Fsp3) is 0.158. The lowest BCUT2D eigenvalue weighted by atomic mass is 10.2. The van der Waals surface area contributed by atoms with Crippen molar-refractivity contribution < 1.29 is 14.3 Å². The first kappa shape index (κ1) is 19.5. The molecule has 3 rings (SSSR count). The van der Waals surface area contributed by atoms with E-state index in [1.165, 1.54) is 25.6 Å². The number of rotatable bonds is 6. The summed E-state index contributed by atoms with van der Waals surface area (Å²) in [5.41, 5.74) is 1.95.